The first kappa shape index (κ1) is 12.4. The first-order valence-corrected chi connectivity index (χ1v) is 6.78. The van der Waals surface area contributed by atoms with Gasteiger partial charge in [0.25, 0.3) is 0 Å². The van der Waals surface area contributed by atoms with E-state index in [0.29, 0.717) is 10.4 Å². The molecule has 2 rings (SSSR count). The molecule has 2 aromatic rings. The summed E-state index contributed by atoms with van der Waals surface area (Å²) in [7, 11) is 0. The molecule has 0 saturated carbocycles. The van der Waals surface area contributed by atoms with Crippen molar-refractivity contribution in [2.75, 3.05) is 5.32 Å². The lowest BCUT2D eigenvalue weighted by Gasteiger charge is -2.08. The lowest BCUT2D eigenvalue weighted by atomic mass is 10.0. The van der Waals surface area contributed by atoms with Crippen molar-refractivity contribution in [2.45, 2.75) is 26.3 Å². The van der Waals surface area contributed by atoms with Crippen LogP contribution in [0.25, 0.3) is 0 Å². The first-order chi connectivity index (χ1) is 8.15. The molecule has 0 saturated heterocycles. The van der Waals surface area contributed by atoms with Crippen molar-refractivity contribution < 1.29 is 0 Å². The molecular weight excluding hydrogens is 252 g/mol. The highest BCUT2D eigenvalue weighted by Crippen LogP contribution is 2.20. The fourth-order valence-electron chi connectivity index (χ4n) is 1.54. The van der Waals surface area contributed by atoms with Gasteiger partial charge in [-0.3, -0.25) is 0 Å². The summed E-state index contributed by atoms with van der Waals surface area (Å²) >= 11 is 7.28. The third-order valence-corrected chi connectivity index (χ3v) is 3.68. The molecule has 90 valence electrons. The van der Waals surface area contributed by atoms with Crippen molar-refractivity contribution in [3.63, 3.8) is 0 Å². The number of aromatic nitrogens is 1. The number of thiazole rings is 1. The van der Waals surface area contributed by atoms with E-state index < -0.39 is 0 Å². The Labute approximate surface area is 111 Å². The van der Waals surface area contributed by atoms with Gasteiger partial charge in [-0.05, 0) is 23.6 Å². The zero-order valence-electron chi connectivity index (χ0n) is 9.90. The molecule has 0 fully saturated rings. The van der Waals surface area contributed by atoms with Crippen LogP contribution in [-0.2, 0) is 6.54 Å². The monoisotopic (exact) mass is 266 g/mol. The molecule has 0 radical (unpaired) electrons. The largest absolute Gasteiger partial charge is 0.380 e. The van der Waals surface area contributed by atoms with Crippen LogP contribution in [0.1, 0.15) is 30.2 Å². The van der Waals surface area contributed by atoms with Crippen LogP contribution in [0, 0.1) is 0 Å². The topological polar surface area (TPSA) is 24.9 Å². The summed E-state index contributed by atoms with van der Waals surface area (Å²) in [5, 5.41) is 3.35. The maximum absolute atomic E-state index is 5.78. The summed E-state index contributed by atoms with van der Waals surface area (Å²) in [6, 6.07) is 8.54. The number of rotatable bonds is 4. The third-order valence-electron chi connectivity index (χ3n) is 2.57. The average Bonchev–Trinajstić information content (AvgIpc) is 2.73. The van der Waals surface area contributed by atoms with E-state index in [9.17, 15) is 0 Å². The average molecular weight is 267 g/mol. The smallest absolute Gasteiger partial charge is 0.183 e. The second-order valence-electron chi connectivity index (χ2n) is 4.21. The van der Waals surface area contributed by atoms with Gasteiger partial charge >= 0.3 is 0 Å². The fourth-order valence-corrected chi connectivity index (χ4v) is 2.46. The van der Waals surface area contributed by atoms with Gasteiger partial charge in [-0.25, -0.2) is 4.98 Å². The predicted octanol–water partition coefficient (Wildman–Crippen LogP) is 4.53. The van der Waals surface area contributed by atoms with Gasteiger partial charge in [0.05, 0.1) is 6.54 Å². The van der Waals surface area contributed by atoms with Crippen molar-refractivity contribution in [1.82, 2.24) is 4.98 Å². The van der Waals surface area contributed by atoms with Crippen LogP contribution in [0.15, 0.2) is 30.5 Å². The molecule has 1 aromatic carbocycles. The van der Waals surface area contributed by atoms with Gasteiger partial charge in [-0.1, -0.05) is 37.6 Å². The van der Waals surface area contributed by atoms with Gasteiger partial charge in [-0.2, -0.15) is 0 Å². The summed E-state index contributed by atoms with van der Waals surface area (Å²) in [4.78, 5) is 5.15. The van der Waals surface area contributed by atoms with Crippen LogP contribution in [-0.4, -0.2) is 4.98 Å². The summed E-state index contributed by atoms with van der Waals surface area (Å²) in [6.45, 7) is 5.16. The molecule has 1 aromatic heterocycles. The molecule has 0 bridgehead atoms. The second kappa shape index (κ2) is 5.52. The van der Waals surface area contributed by atoms with E-state index in [1.165, 1.54) is 16.9 Å². The van der Waals surface area contributed by atoms with Crippen molar-refractivity contribution in [3.05, 3.63) is 45.4 Å². The number of nitrogens with zero attached hydrogens (tertiary/aromatic N) is 1. The van der Waals surface area contributed by atoms with Crippen LogP contribution in [0.4, 0.5) is 5.69 Å². The Morgan fingerprint density at radius 3 is 2.53 bits per heavy atom. The first-order valence-electron chi connectivity index (χ1n) is 5.59. The van der Waals surface area contributed by atoms with Crippen molar-refractivity contribution in [1.29, 1.82) is 0 Å². The molecule has 0 aliphatic heterocycles. The minimum Gasteiger partial charge on any atom is -0.380 e. The summed E-state index contributed by atoms with van der Waals surface area (Å²) in [5.41, 5.74) is 2.48. The summed E-state index contributed by atoms with van der Waals surface area (Å²) in [5.74, 6) is 0.573. The van der Waals surface area contributed by atoms with E-state index in [0.717, 1.165) is 17.1 Å². The quantitative estimate of drug-likeness (QED) is 0.879. The van der Waals surface area contributed by atoms with E-state index in [4.69, 9.17) is 11.6 Å². The normalized spacial score (nSPS) is 10.8. The minimum atomic E-state index is 0.573. The summed E-state index contributed by atoms with van der Waals surface area (Å²) < 4.78 is 0.594. The van der Waals surface area contributed by atoms with E-state index >= 15 is 0 Å². The van der Waals surface area contributed by atoms with E-state index in [2.05, 4.69) is 48.4 Å². The molecule has 17 heavy (non-hydrogen) atoms. The zero-order valence-corrected chi connectivity index (χ0v) is 11.5. The second-order valence-corrected chi connectivity index (χ2v) is 5.91. The molecule has 0 atom stereocenters. The van der Waals surface area contributed by atoms with E-state index in [1.54, 1.807) is 0 Å². The van der Waals surface area contributed by atoms with E-state index in [1.807, 2.05) is 6.20 Å². The molecular formula is C13H15ClN2S. The summed E-state index contributed by atoms with van der Waals surface area (Å²) in [6.07, 6.45) is 1.81. The maximum atomic E-state index is 5.78. The van der Waals surface area contributed by atoms with Gasteiger partial charge in [-0.15, -0.1) is 11.3 Å². The Morgan fingerprint density at radius 1 is 1.29 bits per heavy atom. The number of hydrogen-bond acceptors (Lipinski definition) is 3. The van der Waals surface area contributed by atoms with Crippen LogP contribution < -0.4 is 5.32 Å². The van der Waals surface area contributed by atoms with Gasteiger partial charge in [0.1, 0.15) is 0 Å². The predicted molar refractivity (Wildman–Crippen MR) is 75.0 cm³/mol. The Hall–Kier alpha value is -1.06. The van der Waals surface area contributed by atoms with Crippen molar-refractivity contribution in [2.24, 2.45) is 0 Å². The van der Waals surface area contributed by atoms with Crippen LogP contribution in [0.5, 0.6) is 0 Å². The van der Waals surface area contributed by atoms with Gasteiger partial charge in [0.15, 0.2) is 4.47 Å². The van der Waals surface area contributed by atoms with Gasteiger partial charge < -0.3 is 5.32 Å². The number of nitrogens with one attached hydrogen (secondary N) is 1. The van der Waals surface area contributed by atoms with Crippen molar-refractivity contribution in [3.8, 4) is 0 Å². The lowest BCUT2D eigenvalue weighted by Crippen LogP contribution is -1.97. The Balaban J connectivity index is 1.95. The Bertz CT molecular complexity index is 476. The molecule has 2 nitrogen and oxygen atoms in total. The number of anilines is 1. The molecule has 0 aliphatic rings. The molecule has 1 N–H and O–H groups in total. The Morgan fingerprint density at radius 2 is 2.00 bits per heavy atom. The standard InChI is InChI=1S/C13H15ClN2S/c1-9(2)10-3-5-11(6-4-10)15-7-12-8-16-13(14)17-12/h3-6,8-9,15H,7H2,1-2H3. The number of hydrogen-bond donors (Lipinski definition) is 1. The SMILES string of the molecule is CC(C)c1ccc(NCc2cnc(Cl)s2)cc1. The van der Waals surface area contributed by atoms with Gasteiger partial charge in [0, 0.05) is 16.8 Å². The molecule has 0 aliphatic carbocycles. The van der Waals surface area contributed by atoms with Gasteiger partial charge in [0.2, 0.25) is 0 Å². The highest BCUT2D eigenvalue weighted by molar-refractivity contribution is 7.15. The highest BCUT2D eigenvalue weighted by atomic mass is 35.5. The molecule has 4 heteroatoms. The van der Waals surface area contributed by atoms with Crippen LogP contribution in [0.3, 0.4) is 0 Å². The van der Waals surface area contributed by atoms with Crippen LogP contribution in [0.2, 0.25) is 4.47 Å². The third kappa shape index (κ3) is 3.45. The molecule has 0 amide bonds. The van der Waals surface area contributed by atoms with Crippen LogP contribution >= 0.6 is 22.9 Å². The minimum absolute atomic E-state index is 0.573. The lowest BCUT2D eigenvalue weighted by molar-refractivity contribution is 0.867. The number of halogens is 1. The number of benzene rings is 1. The van der Waals surface area contributed by atoms with Crippen molar-refractivity contribution >= 4 is 28.6 Å². The fraction of sp³-hybridized carbons (Fsp3) is 0.308. The zero-order chi connectivity index (χ0) is 12.3. The maximum Gasteiger partial charge on any atom is 0.183 e. The Kier molecular flexibility index (Phi) is 4.02. The highest BCUT2D eigenvalue weighted by Gasteiger charge is 2.01. The molecule has 0 unspecified atom stereocenters. The molecule has 0 spiro atoms. The van der Waals surface area contributed by atoms with E-state index in [-0.39, 0.29) is 0 Å². The molecule has 1 heterocycles.